The second-order valence-electron chi connectivity index (χ2n) is 3.99. The first-order valence-electron chi connectivity index (χ1n) is 5.95. The highest BCUT2D eigenvalue weighted by Crippen LogP contribution is 2.16. The van der Waals surface area contributed by atoms with E-state index in [2.05, 4.69) is 5.10 Å². The molecule has 1 aromatic heterocycles. The Kier molecular flexibility index (Phi) is 4.30. The van der Waals surface area contributed by atoms with E-state index in [9.17, 15) is 4.79 Å². The first kappa shape index (κ1) is 13.3. The van der Waals surface area contributed by atoms with Gasteiger partial charge in [-0.15, -0.1) is 0 Å². The molecule has 0 aliphatic rings. The van der Waals surface area contributed by atoms with E-state index in [1.165, 1.54) is 0 Å². The highest BCUT2D eigenvalue weighted by molar-refractivity contribution is 6.08. The lowest BCUT2D eigenvalue weighted by Crippen LogP contribution is -2.14. The standard InChI is InChI=1S/C14H16N2O3/c1-18-9-8-16-13(6-7-15-16)14(17)11-4-3-5-12(10-11)19-2/h3-7,10H,8-9H2,1-2H3. The smallest absolute Gasteiger partial charge is 0.211 e. The molecule has 0 spiro atoms. The predicted molar refractivity (Wildman–Crippen MR) is 70.5 cm³/mol. The Labute approximate surface area is 111 Å². The first-order chi connectivity index (χ1) is 9.26. The van der Waals surface area contributed by atoms with Gasteiger partial charge < -0.3 is 9.47 Å². The molecule has 0 saturated carbocycles. The van der Waals surface area contributed by atoms with Crippen LogP contribution in [0.25, 0.3) is 0 Å². The summed E-state index contributed by atoms with van der Waals surface area (Å²) >= 11 is 0. The van der Waals surface area contributed by atoms with Crippen molar-refractivity contribution in [3.8, 4) is 5.75 Å². The third-order valence-electron chi connectivity index (χ3n) is 2.79. The number of nitrogens with zero attached hydrogens (tertiary/aromatic N) is 2. The van der Waals surface area contributed by atoms with Gasteiger partial charge >= 0.3 is 0 Å². The van der Waals surface area contributed by atoms with E-state index in [-0.39, 0.29) is 5.78 Å². The fraction of sp³-hybridized carbons (Fsp3) is 0.286. The summed E-state index contributed by atoms with van der Waals surface area (Å²) in [6.07, 6.45) is 1.61. The summed E-state index contributed by atoms with van der Waals surface area (Å²) in [7, 11) is 3.19. The summed E-state index contributed by atoms with van der Waals surface area (Å²) in [6.45, 7) is 1.06. The molecule has 0 fully saturated rings. The van der Waals surface area contributed by atoms with E-state index >= 15 is 0 Å². The minimum Gasteiger partial charge on any atom is -0.497 e. The maximum atomic E-state index is 12.4. The molecule has 100 valence electrons. The van der Waals surface area contributed by atoms with Crippen LogP contribution < -0.4 is 4.74 Å². The van der Waals surface area contributed by atoms with Crippen LogP contribution in [-0.4, -0.2) is 36.4 Å². The van der Waals surface area contributed by atoms with Gasteiger partial charge in [0.15, 0.2) is 0 Å². The molecule has 19 heavy (non-hydrogen) atoms. The molecular weight excluding hydrogens is 244 g/mol. The Morgan fingerprint density at radius 3 is 2.89 bits per heavy atom. The molecular formula is C14H16N2O3. The summed E-state index contributed by atoms with van der Waals surface area (Å²) in [5.74, 6) is 0.585. The number of carbonyl (C=O) groups excluding carboxylic acids is 1. The van der Waals surface area contributed by atoms with Gasteiger partial charge in [0.25, 0.3) is 0 Å². The maximum Gasteiger partial charge on any atom is 0.211 e. The minimum atomic E-state index is -0.0764. The molecule has 0 aliphatic heterocycles. The second-order valence-corrected chi connectivity index (χ2v) is 3.99. The predicted octanol–water partition coefficient (Wildman–Crippen LogP) is 1.77. The van der Waals surface area contributed by atoms with Crippen LogP contribution in [0.15, 0.2) is 36.5 Å². The van der Waals surface area contributed by atoms with Gasteiger partial charge in [0.2, 0.25) is 5.78 Å². The molecule has 0 atom stereocenters. The van der Waals surface area contributed by atoms with Crippen LogP contribution in [0.3, 0.4) is 0 Å². The number of aromatic nitrogens is 2. The van der Waals surface area contributed by atoms with Crippen molar-refractivity contribution in [2.75, 3.05) is 20.8 Å². The van der Waals surface area contributed by atoms with E-state index in [1.54, 1.807) is 55.4 Å². The lowest BCUT2D eigenvalue weighted by molar-refractivity contribution is 0.102. The quantitative estimate of drug-likeness (QED) is 0.743. The molecule has 2 aromatic rings. The lowest BCUT2D eigenvalue weighted by atomic mass is 10.1. The van der Waals surface area contributed by atoms with Crippen molar-refractivity contribution in [1.29, 1.82) is 0 Å². The van der Waals surface area contributed by atoms with Gasteiger partial charge in [0.1, 0.15) is 11.4 Å². The fourth-order valence-electron chi connectivity index (χ4n) is 1.79. The van der Waals surface area contributed by atoms with Crippen LogP contribution in [0.4, 0.5) is 0 Å². The summed E-state index contributed by atoms with van der Waals surface area (Å²) < 4.78 is 11.8. The Morgan fingerprint density at radius 2 is 2.16 bits per heavy atom. The number of methoxy groups -OCH3 is 2. The molecule has 0 unspecified atom stereocenters. The zero-order valence-electron chi connectivity index (χ0n) is 11.0. The Balaban J connectivity index is 2.25. The van der Waals surface area contributed by atoms with Gasteiger partial charge in [-0.3, -0.25) is 9.48 Å². The number of carbonyl (C=O) groups is 1. The van der Waals surface area contributed by atoms with Gasteiger partial charge in [0.05, 0.1) is 20.3 Å². The highest BCUT2D eigenvalue weighted by atomic mass is 16.5. The second kappa shape index (κ2) is 6.15. The van der Waals surface area contributed by atoms with Crippen LogP contribution in [-0.2, 0) is 11.3 Å². The molecule has 1 heterocycles. The van der Waals surface area contributed by atoms with E-state index < -0.39 is 0 Å². The van der Waals surface area contributed by atoms with Crippen molar-refractivity contribution in [2.24, 2.45) is 0 Å². The van der Waals surface area contributed by atoms with Crippen LogP contribution in [0.5, 0.6) is 5.75 Å². The summed E-state index contributed by atoms with van der Waals surface area (Å²) in [6, 6.07) is 8.78. The highest BCUT2D eigenvalue weighted by Gasteiger charge is 2.14. The first-order valence-corrected chi connectivity index (χ1v) is 5.95. The molecule has 2 rings (SSSR count). The fourth-order valence-corrected chi connectivity index (χ4v) is 1.79. The molecule has 0 amide bonds. The van der Waals surface area contributed by atoms with Crippen LogP contribution >= 0.6 is 0 Å². The number of ether oxygens (including phenoxy) is 2. The lowest BCUT2D eigenvalue weighted by Gasteiger charge is -2.07. The van der Waals surface area contributed by atoms with Crippen molar-refractivity contribution >= 4 is 5.78 Å². The molecule has 0 saturated heterocycles. The summed E-state index contributed by atoms with van der Waals surface area (Å²) in [4.78, 5) is 12.4. The van der Waals surface area contributed by atoms with Gasteiger partial charge in [-0.2, -0.15) is 5.10 Å². The van der Waals surface area contributed by atoms with Crippen LogP contribution in [0.1, 0.15) is 16.1 Å². The molecule has 0 aliphatic carbocycles. The SMILES string of the molecule is COCCn1nccc1C(=O)c1cccc(OC)c1. The Hall–Kier alpha value is -2.14. The van der Waals surface area contributed by atoms with E-state index in [1.807, 2.05) is 0 Å². The third kappa shape index (κ3) is 3.00. The number of hydrogen-bond acceptors (Lipinski definition) is 4. The van der Waals surface area contributed by atoms with Gasteiger partial charge in [-0.05, 0) is 18.2 Å². The van der Waals surface area contributed by atoms with E-state index in [0.29, 0.717) is 30.2 Å². The van der Waals surface area contributed by atoms with Crippen molar-refractivity contribution in [2.45, 2.75) is 6.54 Å². The zero-order valence-corrected chi connectivity index (χ0v) is 11.0. The molecule has 0 N–H and O–H groups in total. The molecule has 5 heteroatoms. The Bertz CT molecular complexity index is 563. The van der Waals surface area contributed by atoms with Crippen molar-refractivity contribution < 1.29 is 14.3 Å². The summed E-state index contributed by atoms with van der Waals surface area (Å²) in [5, 5.41) is 4.13. The third-order valence-corrected chi connectivity index (χ3v) is 2.79. The largest absolute Gasteiger partial charge is 0.497 e. The number of rotatable bonds is 6. The maximum absolute atomic E-state index is 12.4. The normalized spacial score (nSPS) is 10.4. The average Bonchev–Trinajstić information content (AvgIpc) is 2.92. The zero-order chi connectivity index (χ0) is 13.7. The number of benzene rings is 1. The minimum absolute atomic E-state index is 0.0764. The summed E-state index contributed by atoms with van der Waals surface area (Å²) in [5.41, 5.74) is 1.13. The van der Waals surface area contributed by atoms with Gasteiger partial charge in [-0.1, -0.05) is 12.1 Å². The molecule has 0 bridgehead atoms. The van der Waals surface area contributed by atoms with Gasteiger partial charge in [0, 0.05) is 18.9 Å². The van der Waals surface area contributed by atoms with Crippen LogP contribution in [0.2, 0.25) is 0 Å². The van der Waals surface area contributed by atoms with Crippen molar-refractivity contribution in [1.82, 2.24) is 9.78 Å². The molecule has 0 radical (unpaired) electrons. The number of hydrogen-bond donors (Lipinski definition) is 0. The van der Waals surface area contributed by atoms with Crippen molar-refractivity contribution in [3.05, 3.63) is 47.8 Å². The average molecular weight is 260 g/mol. The van der Waals surface area contributed by atoms with Crippen LogP contribution in [0, 0.1) is 0 Å². The Morgan fingerprint density at radius 1 is 1.32 bits per heavy atom. The topological polar surface area (TPSA) is 53.4 Å². The number of ketones is 1. The van der Waals surface area contributed by atoms with Gasteiger partial charge in [-0.25, -0.2) is 0 Å². The monoisotopic (exact) mass is 260 g/mol. The van der Waals surface area contributed by atoms with E-state index in [4.69, 9.17) is 9.47 Å². The van der Waals surface area contributed by atoms with E-state index in [0.717, 1.165) is 0 Å². The van der Waals surface area contributed by atoms with Crippen molar-refractivity contribution in [3.63, 3.8) is 0 Å². The molecule has 5 nitrogen and oxygen atoms in total. The molecule has 1 aromatic carbocycles.